The second-order valence-electron chi connectivity index (χ2n) is 12.9. The Kier molecular flexibility index (Phi) is 9.56. The van der Waals surface area contributed by atoms with Crippen molar-refractivity contribution in [3.63, 3.8) is 0 Å². The fraction of sp³-hybridized carbons (Fsp3) is 0.531. The number of halogens is 1. The molecule has 2 N–H and O–H groups in total. The second kappa shape index (κ2) is 13.4. The molecule has 0 saturated carbocycles. The fourth-order valence-electron chi connectivity index (χ4n) is 5.39. The first-order valence-electron chi connectivity index (χ1n) is 15.4. The first kappa shape index (κ1) is 32.1. The van der Waals surface area contributed by atoms with Gasteiger partial charge in [0.15, 0.2) is 0 Å². The molecule has 3 aromatic rings. The quantitative estimate of drug-likeness (QED) is 0.350. The molecule has 0 spiro atoms. The van der Waals surface area contributed by atoms with E-state index in [1.807, 2.05) is 45.0 Å². The highest BCUT2D eigenvalue weighted by atomic mass is 19.1. The van der Waals surface area contributed by atoms with E-state index >= 15 is 4.39 Å². The number of urea groups is 1. The molecule has 242 valence electrons. The molecular weight excluding hydrogens is 579 g/mol. The summed E-state index contributed by atoms with van der Waals surface area (Å²) in [6, 6.07) is 7.24. The SMILES string of the molecule is Cc1cc(-c2ccnc(Nc3cnn([C@H]4CCN(C(=O)OC(C)(C)C)C[C@@H]4F)c3)n2)ccc1CNC(=O)N1CC(OC(C)C)C1. The van der Waals surface area contributed by atoms with Crippen LogP contribution in [0.5, 0.6) is 0 Å². The van der Waals surface area contributed by atoms with Crippen LogP contribution >= 0.6 is 0 Å². The van der Waals surface area contributed by atoms with Crippen molar-refractivity contribution in [3.05, 3.63) is 54.0 Å². The summed E-state index contributed by atoms with van der Waals surface area (Å²) >= 11 is 0. The number of likely N-dealkylation sites (tertiary alicyclic amines) is 2. The van der Waals surface area contributed by atoms with Crippen molar-refractivity contribution in [2.75, 3.05) is 31.5 Å². The van der Waals surface area contributed by atoms with Crippen molar-refractivity contribution in [2.24, 2.45) is 0 Å². The van der Waals surface area contributed by atoms with Crippen LogP contribution in [0.2, 0.25) is 0 Å². The van der Waals surface area contributed by atoms with Crippen LogP contribution in [0.25, 0.3) is 11.3 Å². The highest BCUT2D eigenvalue weighted by molar-refractivity contribution is 5.75. The molecule has 2 saturated heterocycles. The summed E-state index contributed by atoms with van der Waals surface area (Å²) < 4.78 is 27.8. The third-order valence-electron chi connectivity index (χ3n) is 7.68. The summed E-state index contributed by atoms with van der Waals surface area (Å²) in [6.07, 6.45) is 3.89. The summed E-state index contributed by atoms with van der Waals surface area (Å²) in [5.74, 6) is 0.381. The van der Waals surface area contributed by atoms with Gasteiger partial charge in [0.05, 0.1) is 55.5 Å². The van der Waals surface area contributed by atoms with E-state index in [1.54, 1.807) is 48.9 Å². The van der Waals surface area contributed by atoms with Gasteiger partial charge >= 0.3 is 12.1 Å². The van der Waals surface area contributed by atoms with Crippen LogP contribution in [0.3, 0.4) is 0 Å². The van der Waals surface area contributed by atoms with Crippen LogP contribution in [-0.4, -0.2) is 91.8 Å². The third kappa shape index (κ3) is 8.27. The minimum Gasteiger partial charge on any atom is -0.444 e. The topological polar surface area (TPSA) is 127 Å². The molecule has 4 heterocycles. The van der Waals surface area contributed by atoms with Gasteiger partial charge in [0.2, 0.25) is 5.95 Å². The van der Waals surface area contributed by atoms with Gasteiger partial charge < -0.3 is 29.9 Å². The number of benzene rings is 1. The Morgan fingerprint density at radius 1 is 1.13 bits per heavy atom. The van der Waals surface area contributed by atoms with Crippen molar-refractivity contribution in [1.29, 1.82) is 0 Å². The molecule has 0 radical (unpaired) electrons. The predicted molar refractivity (Wildman–Crippen MR) is 168 cm³/mol. The maximum absolute atomic E-state index is 15.1. The molecule has 2 aromatic heterocycles. The largest absolute Gasteiger partial charge is 0.444 e. The van der Waals surface area contributed by atoms with Gasteiger partial charge in [0.1, 0.15) is 11.8 Å². The standard InChI is InChI=1S/C32H43FN8O4/c1-20(2)44-25-17-40(18-25)30(42)35-14-23-8-7-22(13-21(23)3)27-9-11-34-29(38-27)37-24-15-36-41(16-24)28-10-12-39(19-26(28)33)31(43)45-32(4,5)6/h7-9,11,13,15-16,20,25-26,28H,10,12,14,17-19H2,1-6H3,(H,35,42)(H,34,37,38)/t26-,28-/m0/s1. The van der Waals surface area contributed by atoms with Gasteiger partial charge in [-0.15, -0.1) is 0 Å². The molecule has 0 bridgehead atoms. The summed E-state index contributed by atoms with van der Waals surface area (Å²) in [5, 5.41) is 10.5. The Morgan fingerprint density at radius 2 is 1.91 bits per heavy atom. The number of rotatable bonds is 8. The van der Waals surface area contributed by atoms with Crippen LogP contribution in [0, 0.1) is 6.92 Å². The minimum absolute atomic E-state index is 0.0509. The van der Waals surface area contributed by atoms with Crippen molar-refractivity contribution in [3.8, 4) is 11.3 Å². The second-order valence-corrected chi connectivity index (χ2v) is 12.9. The van der Waals surface area contributed by atoms with Gasteiger partial charge in [-0.25, -0.2) is 23.9 Å². The van der Waals surface area contributed by atoms with Gasteiger partial charge in [-0.05, 0) is 71.2 Å². The highest BCUT2D eigenvalue weighted by Crippen LogP contribution is 2.28. The number of carbonyl (C=O) groups is 2. The maximum atomic E-state index is 15.1. The smallest absolute Gasteiger partial charge is 0.410 e. The van der Waals surface area contributed by atoms with Crippen molar-refractivity contribution < 1.29 is 23.5 Å². The van der Waals surface area contributed by atoms with Crippen molar-refractivity contribution in [2.45, 2.75) is 84.5 Å². The summed E-state index contributed by atoms with van der Waals surface area (Å²) in [5.41, 5.74) is 3.69. The summed E-state index contributed by atoms with van der Waals surface area (Å²) in [6.45, 7) is 13.3. The van der Waals surface area contributed by atoms with Crippen LogP contribution < -0.4 is 10.6 Å². The Balaban J connectivity index is 1.15. The number of aromatic nitrogens is 4. The number of nitrogens with one attached hydrogen (secondary N) is 2. The molecule has 2 fully saturated rings. The van der Waals surface area contributed by atoms with Gasteiger partial charge in [0.25, 0.3) is 0 Å². The molecule has 12 nitrogen and oxygen atoms in total. The van der Waals surface area contributed by atoms with Crippen molar-refractivity contribution >= 4 is 23.8 Å². The molecule has 2 aliphatic rings. The molecule has 2 aliphatic heterocycles. The lowest BCUT2D eigenvalue weighted by molar-refractivity contribution is -0.0641. The Labute approximate surface area is 263 Å². The molecule has 5 rings (SSSR count). The van der Waals surface area contributed by atoms with E-state index in [0.717, 1.165) is 22.4 Å². The molecule has 0 aliphatic carbocycles. The molecular formula is C32H43FN8O4. The number of nitrogens with zero attached hydrogens (tertiary/aromatic N) is 6. The number of anilines is 2. The van der Waals surface area contributed by atoms with Crippen molar-refractivity contribution in [1.82, 2.24) is 34.9 Å². The molecule has 45 heavy (non-hydrogen) atoms. The van der Waals surface area contributed by atoms with E-state index in [1.165, 1.54) is 4.90 Å². The zero-order valence-corrected chi connectivity index (χ0v) is 26.8. The van der Waals surface area contributed by atoms with Gasteiger partial charge in [0, 0.05) is 31.0 Å². The minimum atomic E-state index is -1.29. The highest BCUT2D eigenvalue weighted by Gasteiger charge is 2.35. The number of hydrogen-bond acceptors (Lipinski definition) is 8. The summed E-state index contributed by atoms with van der Waals surface area (Å²) in [4.78, 5) is 37.0. The first-order chi connectivity index (χ1) is 21.3. The van der Waals surface area contributed by atoms with Gasteiger partial charge in [-0.2, -0.15) is 5.10 Å². The van der Waals surface area contributed by atoms with Crippen LogP contribution in [0.15, 0.2) is 42.9 Å². The van der Waals surface area contributed by atoms with E-state index in [9.17, 15) is 9.59 Å². The van der Waals surface area contributed by atoms with E-state index < -0.39 is 23.9 Å². The average molecular weight is 623 g/mol. The summed E-state index contributed by atoms with van der Waals surface area (Å²) in [7, 11) is 0. The fourth-order valence-corrected chi connectivity index (χ4v) is 5.39. The normalized spacial score (nSPS) is 18.9. The average Bonchev–Trinajstić information content (AvgIpc) is 3.41. The lowest BCUT2D eigenvalue weighted by Crippen LogP contribution is -2.58. The van der Waals surface area contributed by atoms with E-state index in [-0.39, 0.29) is 24.8 Å². The number of ether oxygens (including phenoxy) is 2. The monoisotopic (exact) mass is 622 g/mol. The predicted octanol–water partition coefficient (Wildman–Crippen LogP) is 5.23. The lowest BCUT2D eigenvalue weighted by Gasteiger charge is -2.39. The van der Waals surface area contributed by atoms with Crippen LogP contribution in [-0.2, 0) is 16.0 Å². The number of aryl methyl sites for hydroxylation is 1. The number of hydrogen-bond donors (Lipinski definition) is 2. The maximum Gasteiger partial charge on any atom is 0.410 e. The Bertz CT molecular complexity index is 1500. The van der Waals surface area contributed by atoms with Gasteiger partial charge in [-0.1, -0.05) is 12.1 Å². The lowest BCUT2D eigenvalue weighted by atomic mass is 10.0. The molecule has 13 heteroatoms. The number of piperidine rings is 1. The number of carbonyl (C=O) groups excluding carboxylic acids is 2. The van der Waals surface area contributed by atoms with E-state index in [2.05, 4.69) is 25.7 Å². The zero-order chi connectivity index (χ0) is 32.3. The van der Waals surface area contributed by atoms with Crippen LogP contribution in [0.4, 0.5) is 25.6 Å². The molecule has 1 aromatic carbocycles. The Morgan fingerprint density at radius 3 is 2.60 bits per heavy atom. The molecule has 0 unspecified atom stereocenters. The van der Waals surface area contributed by atoms with E-state index in [0.29, 0.717) is 44.2 Å². The molecule has 3 amide bonds. The Hall–Kier alpha value is -4.26. The number of amides is 3. The molecule has 2 atom stereocenters. The zero-order valence-electron chi connectivity index (χ0n) is 26.8. The first-order valence-corrected chi connectivity index (χ1v) is 15.4. The number of alkyl halides is 1. The van der Waals surface area contributed by atoms with Crippen LogP contribution in [0.1, 0.15) is 58.2 Å². The third-order valence-corrected chi connectivity index (χ3v) is 7.68. The van der Waals surface area contributed by atoms with Gasteiger partial charge in [-0.3, -0.25) is 4.68 Å². The van der Waals surface area contributed by atoms with E-state index in [4.69, 9.17) is 9.47 Å².